The Bertz CT molecular complexity index is 366. The van der Waals surface area contributed by atoms with Crippen LogP contribution in [-0.2, 0) is 11.3 Å². The standard InChI is InChI=1S/C9H10F2N2O/c1-5(14)13-9-2-6(4-12)7(10)3-8(9)11/h2-3H,4,12H2,1H3,(H,13,14). The molecule has 0 aromatic heterocycles. The quantitative estimate of drug-likeness (QED) is 0.757. The van der Waals surface area contributed by atoms with E-state index in [1.165, 1.54) is 13.0 Å². The molecule has 0 unspecified atom stereocenters. The highest BCUT2D eigenvalue weighted by Gasteiger charge is 2.09. The van der Waals surface area contributed by atoms with E-state index < -0.39 is 17.5 Å². The Morgan fingerprint density at radius 1 is 1.43 bits per heavy atom. The zero-order chi connectivity index (χ0) is 10.7. The summed E-state index contributed by atoms with van der Waals surface area (Å²) in [6, 6.07) is 1.89. The highest BCUT2D eigenvalue weighted by molar-refractivity contribution is 5.88. The van der Waals surface area contributed by atoms with Gasteiger partial charge in [-0.25, -0.2) is 8.78 Å². The first-order valence-electron chi connectivity index (χ1n) is 4.00. The van der Waals surface area contributed by atoms with Crippen molar-refractivity contribution < 1.29 is 13.6 Å². The molecule has 3 N–H and O–H groups in total. The summed E-state index contributed by atoms with van der Waals surface area (Å²) in [6.07, 6.45) is 0. The lowest BCUT2D eigenvalue weighted by Crippen LogP contribution is -2.10. The second-order valence-electron chi connectivity index (χ2n) is 2.81. The molecule has 0 bridgehead atoms. The lowest BCUT2D eigenvalue weighted by atomic mass is 10.2. The molecule has 3 nitrogen and oxygen atoms in total. The van der Waals surface area contributed by atoms with E-state index in [1.54, 1.807) is 0 Å². The highest BCUT2D eigenvalue weighted by atomic mass is 19.1. The van der Waals surface area contributed by atoms with Crippen molar-refractivity contribution in [3.63, 3.8) is 0 Å². The van der Waals surface area contributed by atoms with Crippen LogP contribution in [0.25, 0.3) is 0 Å². The summed E-state index contributed by atoms with van der Waals surface area (Å²) in [6.45, 7) is 1.20. The van der Waals surface area contributed by atoms with Crippen LogP contribution in [0.1, 0.15) is 12.5 Å². The maximum Gasteiger partial charge on any atom is 0.221 e. The van der Waals surface area contributed by atoms with Crippen molar-refractivity contribution >= 4 is 11.6 Å². The average Bonchev–Trinajstić information content (AvgIpc) is 2.09. The molecular weight excluding hydrogens is 190 g/mol. The van der Waals surface area contributed by atoms with Gasteiger partial charge in [0.25, 0.3) is 0 Å². The zero-order valence-electron chi connectivity index (χ0n) is 7.60. The summed E-state index contributed by atoms with van der Waals surface area (Å²) in [7, 11) is 0. The molecule has 0 spiro atoms. The zero-order valence-corrected chi connectivity index (χ0v) is 7.60. The maximum absolute atomic E-state index is 13.0. The van der Waals surface area contributed by atoms with Gasteiger partial charge in [0, 0.05) is 25.1 Å². The number of amides is 1. The van der Waals surface area contributed by atoms with Crippen molar-refractivity contribution in [1.29, 1.82) is 0 Å². The van der Waals surface area contributed by atoms with E-state index in [0.29, 0.717) is 6.07 Å². The molecule has 0 fully saturated rings. The molecule has 0 aliphatic heterocycles. The number of rotatable bonds is 2. The first-order chi connectivity index (χ1) is 6.54. The topological polar surface area (TPSA) is 55.1 Å². The van der Waals surface area contributed by atoms with Crippen LogP contribution in [0.2, 0.25) is 0 Å². The first kappa shape index (κ1) is 10.6. The molecule has 1 amide bonds. The number of halogens is 2. The number of hydrogen-bond acceptors (Lipinski definition) is 2. The third-order valence-electron chi connectivity index (χ3n) is 1.67. The Morgan fingerprint density at radius 3 is 2.57 bits per heavy atom. The van der Waals surface area contributed by atoms with Gasteiger partial charge >= 0.3 is 0 Å². The monoisotopic (exact) mass is 200 g/mol. The molecule has 0 saturated heterocycles. The second kappa shape index (κ2) is 4.15. The van der Waals surface area contributed by atoms with Gasteiger partial charge in [-0.2, -0.15) is 0 Å². The number of benzene rings is 1. The molecule has 5 heteroatoms. The van der Waals surface area contributed by atoms with E-state index in [0.717, 1.165) is 0 Å². The van der Waals surface area contributed by atoms with E-state index in [4.69, 9.17) is 5.73 Å². The van der Waals surface area contributed by atoms with E-state index in [9.17, 15) is 13.6 Å². The third kappa shape index (κ3) is 2.26. The number of anilines is 1. The van der Waals surface area contributed by atoms with Crippen LogP contribution in [0.5, 0.6) is 0 Å². The third-order valence-corrected chi connectivity index (χ3v) is 1.67. The molecule has 1 rings (SSSR count). The fraction of sp³-hybridized carbons (Fsp3) is 0.222. The van der Waals surface area contributed by atoms with Gasteiger partial charge in [-0.15, -0.1) is 0 Å². The molecular formula is C9H10F2N2O. The summed E-state index contributed by atoms with van der Waals surface area (Å²) < 4.78 is 26.0. The van der Waals surface area contributed by atoms with E-state index in [2.05, 4.69) is 5.32 Å². The minimum Gasteiger partial charge on any atom is -0.326 e. The van der Waals surface area contributed by atoms with E-state index in [1.807, 2.05) is 0 Å². The Labute approximate surface area is 79.9 Å². The number of hydrogen-bond donors (Lipinski definition) is 2. The summed E-state index contributed by atoms with van der Waals surface area (Å²) >= 11 is 0. The highest BCUT2D eigenvalue weighted by Crippen LogP contribution is 2.19. The molecule has 1 aromatic rings. The smallest absolute Gasteiger partial charge is 0.221 e. The van der Waals surface area contributed by atoms with Gasteiger partial charge < -0.3 is 11.1 Å². The van der Waals surface area contributed by atoms with Crippen LogP contribution >= 0.6 is 0 Å². The molecule has 0 heterocycles. The number of carbonyl (C=O) groups excluding carboxylic acids is 1. The van der Waals surface area contributed by atoms with E-state index >= 15 is 0 Å². The van der Waals surface area contributed by atoms with Crippen LogP contribution < -0.4 is 11.1 Å². The van der Waals surface area contributed by atoms with E-state index in [-0.39, 0.29) is 17.8 Å². The van der Waals surface area contributed by atoms with Crippen molar-refractivity contribution in [3.8, 4) is 0 Å². The number of carbonyl (C=O) groups is 1. The van der Waals surface area contributed by atoms with Crippen LogP contribution in [0, 0.1) is 11.6 Å². The fourth-order valence-corrected chi connectivity index (χ4v) is 1.04. The lowest BCUT2D eigenvalue weighted by Gasteiger charge is -2.06. The predicted molar refractivity (Wildman–Crippen MR) is 48.6 cm³/mol. The minimum absolute atomic E-state index is 0.0430. The first-order valence-corrected chi connectivity index (χ1v) is 4.00. The summed E-state index contributed by atoms with van der Waals surface area (Å²) in [4.78, 5) is 10.6. The van der Waals surface area contributed by atoms with Gasteiger partial charge in [-0.05, 0) is 6.07 Å². The number of nitrogens with two attached hydrogens (primary N) is 1. The van der Waals surface area contributed by atoms with Crippen molar-refractivity contribution in [1.82, 2.24) is 0 Å². The van der Waals surface area contributed by atoms with Gasteiger partial charge in [-0.3, -0.25) is 4.79 Å². The fourth-order valence-electron chi connectivity index (χ4n) is 1.04. The normalized spacial score (nSPS) is 10.0. The molecule has 0 radical (unpaired) electrons. The maximum atomic E-state index is 13.0. The summed E-state index contributed by atoms with van der Waals surface area (Å²) in [5, 5.41) is 2.24. The molecule has 0 saturated carbocycles. The van der Waals surface area contributed by atoms with Crippen LogP contribution in [0.15, 0.2) is 12.1 Å². The van der Waals surface area contributed by atoms with Gasteiger partial charge in [-0.1, -0.05) is 0 Å². The Balaban J connectivity index is 3.10. The van der Waals surface area contributed by atoms with Gasteiger partial charge in [0.05, 0.1) is 5.69 Å². The molecule has 76 valence electrons. The molecule has 14 heavy (non-hydrogen) atoms. The Hall–Kier alpha value is -1.49. The lowest BCUT2D eigenvalue weighted by molar-refractivity contribution is -0.114. The predicted octanol–water partition coefficient (Wildman–Crippen LogP) is 1.38. The summed E-state index contributed by atoms with van der Waals surface area (Å²) in [5.74, 6) is -1.94. The minimum atomic E-state index is -0.810. The average molecular weight is 200 g/mol. The Morgan fingerprint density at radius 2 is 2.07 bits per heavy atom. The summed E-state index contributed by atoms with van der Waals surface area (Å²) in [5.41, 5.74) is 5.33. The molecule has 1 aromatic carbocycles. The van der Waals surface area contributed by atoms with Crippen molar-refractivity contribution in [3.05, 3.63) is 29.3 Å². The molecule has 0 aliphatic rings. The second-order valence-corrected chi connectivity index (χ2v) is 2.81. The van der Waals surface area contributed by atoms with Crippen LogP contribution in [0.4, 0.5) is 14.5 Å². The van der Waals surface area contributed by atoms with Crippen LogP contribution in [-0.4, -0.2) is 5.91 Å². The Kier molecular flexibility index (Phi) is 3.14. The van der Waals surface area contributed by atoms with Gasteiger partial charge in [0.2, 0.25) is 5.91 Å². The van der Waals surface area contributed by atoms with Gasteiger partial charge in [0.15, 0.2) is 0 Å². The van der Waals surface area contributed by atoms with Crippen molar-refractivity contribution in [2.24, 2.45) is 5.73 Å². The van der Waals surface area contributed by atoms with Gasteiger partial charge in [0.1, 0.15) is 11.6 Å². The SMILES string of the molecule is CC(=O)Nc1cc(CN)c(F)cc1F. The van der Waals surface area contributed by atoms with Crippen molar-refractivity contribution in [2.75, 3.05) is 5.32 Å². The molecule has 0 atom stereocenters. The van der Waals surface area contributed by atoms with Crippen LogP contribution in [0.3, 0.4) is 0 Å². The largest absolute Gasteiger partial charge is 0.326 e. The number of nitrogens with one attached hydrogen (secondary N) is 1. The molecule has 0 aliphatic carbocycles. The van der Waals surface area contributed by atoms with Crippen molar-refractivity contribution in [2.45, 2.75) is 13.5 Å².